The van der Waals surface area contributed by atoms with Crippen LogP contribution in [-0.2, 0) is 46.3 Å². The van der Waals surface area contributed by atoms with E-state index < -0.39 is 59.6 Å². The molecule has 0 saturated heterocycles. The molecule has 0 spiro atoms. The van der Waals surface area contributed by atoms with Crippen LogP contribution in [-0.4, -0.2) is 89.2 Å². The van der Waals surface area contributed by atoms with Gasteiger partial charge in [0, 0.05) is 42.6 Å². The van der Waals surface area contributed by atoms with Crippen molar-refractivity contribution in [3.8, 4) is 0 Å². The normalized spacial score (nSPS) is 13.6. The molecule has 6 N–H and O–H groups in total. The van der Waals surface area contributed by atoms with Crippen molar-refractivity contribution in [2.45, 2.75) is 90.6 Å². The minimum absolute atomic E-state index is 0.00189. The Morgan fingerprint density at radius 3 is 1.98 bits per heavy atom. The Kier molecular flexibility index (Phi) is 16.2. The van der Waals surface area contributed by atoms with E-state index in [9.17, 15) is 28.8 Å². The van der Waals surface area contributed by atoms with Gasteiger partial charge in [0.05, 0.1) is 13.0 Å². The van der Waals surface area contributed by atoms with E-state index in [1.807, 2.05) is 44.2 Å². The van der Waals surface area contributed by atoms with Gasteiger partial charge in [-0.2, -0.15) is 0 Å². The molecule has 0 aliphatic heterocycles. The molecule has 0 radical (unpaired) electrons. The predicted octanol–water partition coefficient (Wildman–Crippen LogP) is 3.35. The third-order valence-corrected chi connectivity index (χ3v) is 8.79. The maximum absolute atomic E-state index is 14.1. The summed E-state index contributed by atoms with van der Waals surface area (Å²) in [5, 5.41) is 14.4. The third-order valence-electron chi connectivity index (χ3n) is 7.87. The number of rotatable bonds is 18. The molecular formula is C38H52N6O8S. The highest BCUT2D eigenvalue weighted by atomic mass is 32.2. The number of carbonyl (C=O) groups is 6. The molecule has 1 aromatic heterocycles. The summed E-state index contributed by atoms with van der Waals surface area (Å²) in [6.45, 7) is 10.3. The van der Waals surface area contributed by atoms with Gasteiger partial charge in [-0.05, 0) is 50.3 Å². The molecule has 5 amide bonds. The smallest absolute Gasteiger partial charge is 0.408 e. The van der Waals surface area contributed by atoms with E-state index in [1.54, 1.807) is 51.2 Å². The molecule has 288 valence electrons. The highest BCUT2D eigenvalue weighted by Crippen LogP contribution is 2.20. The van der Waals surface area contributed by atoms with E-state index in [0.29, 0.717) is 6.42 Å². The molecule has 0 fully saturated rings. The van der Waals surface area contributed by atoms with Gasteiger partial charge in [-0.1, -0.05) is 62.4 Å². The number of alkyl carbamates (subject to hydrolysis) is 1. The number of thioether (sulfide) groups is 1. The third kappa shape index (κ3) is 14.5. The maximum Gasteiger partial charge on any atom is 0.408 e. The van der Waals surface area contributed by atoms with Crippen LogP contribution in [0.4, 0.5) is 4.79 Å². The number of nitrogens with one attached hydrogen (secondary N) is 6. The summed E-state index contributed by atoms with van der Waals surface area (Å²) in [6, 6.07) is 12.1. The van der Waals surface area contributed by atoms with E-state index in [0.717, 1.165) is 22.0 Å². The van der Waals surface area contributed by atoms with Crippen molar-refractivity contribution in [2.75, 3.05) is 18.7 Å². The average Bonchev–Trinajstić information content (AvgIpc) is 3.50. The number of ether oxygens (including phenoxy) is 2. The summed E-state index contributed by atoms with van der Waals surface area (Å²) in [5.41, 5.74) is 1.50. The Balaban J connectivity index is 1.93. The van der Waals surface area contributed by atoms with Crippen LogP contribution in [0.25, 0.3) is 10.9 Å². The summed E-state index contributed by atoms with van der Waals surface area (Å²) in [5.74, 6) is -2.68. The molecule has 3 rings (SSSR count). The van der Waals surface area contributed by atoms with Crippen LogP contribution in [0.5, 0.6) is 0 Å². The van der Waals surface area contributed by atoms with Crippen molar-refractivity contribution < 1.29 is 38.2 Å². The lowest BCUT2D eigenvalue weighted by Gasteiger charge is -2.27. The summed E-state index contributed by atoms with van der Waals surface area (Å²) >= 11 is 1.18. The number of para-hydroxylation sites is 1. The zero-order valence-electron chi connectivity index (χ0n) is 31.4. The lowest BCUT2D eigenvalue weighted by atomic mass is 10.0. The Labute approximate surface area is 314 Å². The number of fused-ring (bicyclic) bond motifs is 1. The van der Waals surface area contributed by atoms with Crippen LogP contribution >= 0.6 is 11.8 Å². The molecule has 0 aliphatic rings. The van der Waals surface area contributed by atoms with E-state index in [4.69, 9.17) is 9.47 Å². The van der Waals surface area contributed by atoms with E-state index in [1.165, 1.54) is 25.8 Å². The summed E-state index contributed by atoms with van der Waals surface area (Å²) in [6.07, 6.45) is 1.38. The average molecular weight is 753 g/mol. The minimum Gasteiger partial charge on any atom is -0.467 e. The molecule has 15 heteroatoms. The van der Waals surface area contributed by atoms with Gasteiger partial charge in [-0.15, -0.1) is 11.8 Å². The van der Waals surface area contributed by atoms with E-state index in [-0.39, 0.29) is 36.3 Å². The molecule has 0 unspecified atom stereocenters. The van der Waals surface area contributed by atoms with Crippen LogP contribution in [0.3, 0.4) is 0 Å². The predicted molar refractivity (Wildman–Crippen MR) is 204 cm³/mol. The first-order valence-corrected chi connectivity index (χ1v) is 18.6. The van der Waals surface area contributed by atoms with Crippen LogP contribution in [0.1, 0.15) is 59.1 Å². The number of aromatic amines is 1. The second-order valence-corrected chi connectivity index (χ2v) is 15.1. The van der Waals surface area contributed by atoms with Crippen molar-refractivity contribution in [2.24, 2.45) is 5.92 Å². The van der Waals surface area contributed by atoms with Crippen LogP contribution in [0, 0.1) is 5.92 Å². The zero-order valence-corrected chi connectivity index (χ0v) is 32.2. The first-order chi connectivity index (χ1) is 25.1. The second-order valence-electron chi connectivity index (χ2n) is 14.0. The van der Waals surface area contributed by atoms with E-state index in [2.05, 4.69) is 31.6 Å². The summed E-state index contributed by atoms with van der Waals surface area (Å²) < 4.78 is 10.4. The van der Waals surface area contributed by atoms with Gasteiger partial charge >= 0.3 is 12.1 Å². The SMILES string of the molecule is COC(=O)[C@H](CC(C)C)NC(=O)[C@@H](Cc1c[nH]c2ccccc12)NC(=O)[C@H](CSCNC(C)=O)NC(=O)[C@@H](Cc1ccccc1)NC(=O)OC(C)(C)C. The van der Waals surface area contributed by atoms with Crippen molar-refractivity contribution in [3.63, 3.8) is 0 Å². The summed E-state index contributed by atoms with van der Waals surface area (Å²) in [7, 11) is 1.24. The van der Waals surface area contributed by atoms with Crippen molar-refractivity contribution in [3.05, 3.63) is 71.9 Å². The number of hydrogen-bond donors (Lipinski definition) is 6. The number of H-pyrrole nitrogens is 1. The fourth-order valence-electron chi connectivity index (χ4n) is 5.40. The zero-order chi connectivity index (χ0) is 39.1. The first kappa shape index (κ1) is 42.4. The van der Waals surface area contributed by atoms with Gasteiger partial charge in [0.25, 0.3) is 0 Å². The molecule has 4 atom stereocenters. The molecule has 0 bridgehead atoms. The maximum atomic E-state index is 14.1. The van der Waals surface area contributed by atoms with Gasteiger partial charge in [0.1, 0.15) is 29.8 Å². The number of hydrogen-bond acceptors (Lipinski definition) is 9. The Morgan fingerprint density at radius 2 is 1.36 bits per heavy atom. The molecule has 3 aromatic rings. The number of aromatic nitrogens is 1. The Bertz CT molecular complexity index is 1710. The molecule has 0 saturated carbocycles. The molecule has 53 heavy (non-hydrogen) atoms. The number of amides is 5. The van der Waals surface area contributed by atoms with Gasteiger partial charge in [0.15, 0.2) is 0 Å². The van der Waals surface area contributed by atoms with Crippen molar-refractivity contribution in [1.82, 2.24) is 31.6 Å². The Morgan fingerprint density at radius 1 is 0.774 bits per heavy atom. The van der Waals surface area contributed by atoms with Crippen LogP contribution < -0.4 is 26.6 Å². The number of carbonyl (C=O) groups excluding carboxylic acids is 6. The molecular weight excluding hydrogens is 701 g/mol. The van der Waals surface area contributed by atoms with Crippen LogP contribution in [0.15, 0.2) is 60.8 Å². The van der Waals surface area contributed by atoms with E-state index >= 15 is 0 Å². The van der Waals surface area contributed by atoms with Gasteiger partial charge in [-0.3, -0.25) is 19.2 Å². The van der Waals surface area contributed by atoms with Gasteiger partial charge in [-0.25, -0.2) is 9.59 Å². The fraction of sp³-hybridized carbons (Fsp3) is 0.474. The van der Waals surface area contributed by atoms with Gasteiger partial charge in [0.2, 0.25) is 23.6 Å². The van der Waals surface area contributed by atoms with Crippen molar-refractivity contribution >= 4 is 58.4 Å². The first-order valence-electron chi connectivity index (χ1n) is 17.5. The molecule has 2 aromatic carbocycles. The fourth-order valence-corrected chi connectivity index (χ4v) is 6.29. The second kappa shape index (κ2) is 20.3. The molecule has 0 aliphatic carbocycles. The lowest BCUT2D eigenvalue weighted by molar-refractivity contribution is -0.146. The number of methoxy groups -OCH3 is 1. The minimum atomic E-state index is -1.22. The molecule has 1 heterocycles. The largest absolute Gasteiger partial charge is 0.467 e. The highest BCUT2D eigenvalue weighted by Gasteiger charge is 2.33. The lowest BCUT2D eigenvalue weighted by Crippen LogP contribution is -2.59. The topological polar surface area (TPSA) is 197 Å². The van der Waals surface area contributed by atoms with Gasteiger partial charge < -0.3 is 41.0 Å². The van der Waals surface area contributed by atoms with Crippen molar-refractivity contribution in [1.29, 1.82) is 0 Å². The highest BCUT2D eigenvalue weighted by molar-refractivity contribution is 7.99. The van der Waals surface area contributed by atoms with Crippen LogP contribution in [0.2, 0.25) is 0 Å². The number of benzene rings is 2. The number of esters is 1. The monoisotopic (exact) mass is 752 g/mol. The summed E-state index contributed by atoms with van der Waals surface area (Å²) in [4.78, 5) is 82.2. The molecule has 14 nitrogen and oxygen atoms in total. The quantitative estimate of drug-likeness (QED) is 0.0642. The standard InChI is InChI=1S/C38H52N6O8S/c1-23(2)17-31(36(49)51-7)42-34(47)30(19-26-20-39-28-16-12-11-15-27(26)28)41-35(48)32(21-53-22-40-24(3)45)43-33(46)29(18-25-13-9-8-10-14-25)44-37(50)52-38(4,5)6/h8-16,20,23,29-32,39H,17-19,21-22H2,1-7H3,(H,40,45)(H,41,48)(H,42,47)(H,43,46)(H,44,50)/t29-,30-,31+,32+/m1/s1. The Hall–Kier alpha value is -5.05.